The normalized spacial score (nSPS) is 10.8. The van der Waals surface area contributed by atoms with Gasteiger partial charge in [-0.2, -0.15) is 5.10 Å². The SMILES string of the molecule is O=C(N/N=C\c1ccccc1OCc1ccc(Cl)cc1)c1ccccc1OCc1ccc(Cl)cc1. The van der Waals surface area contributed by atoms with Gasteiger partial charge in [-0.25, -0.2) is 5.43 Å². The van der Waals surface area contributed by atoms with Gasteiger partial charge in [-0.1, -0.05) is 71.7 Å². The van der Waals surface area contributed by atoms with Crippen molar-refractivity contribution in [2.75, 3.05) is 0 Å². The van der Waals surface area contributed by atoms with E-state index in [1.54, 1.807) is 36.5 Å². The van der Waals surface area contributed by atoms with Crippen molar-refractivity contribution in [2.45, 2.75) is 13.2 Å². The molecule has 35 heavy (non-hydrogen) atoms. The van der Waals surface area contributed by atoms with Crippen LogP contribution in [0.25, 0.3) is 0 Å². The van der Waals surface area contributed by atoms with Crippen molar-refractivity contribution in [1.29, 1.82) is 0 Å². The van der Waals surface area contributed by atoms with E-state index in [2.05, 4.69) is 10.5 Å². The Bertz CT molecular complexity index is 1310. The number of hydrazone groups is 1. The molecule has 0 spiro atoms. The van der Waals surface area contributed by atoms with Gasteiger partial charge in [0.15, 0.2) is 0 Å². The molecule has 5 nitrogen and oxygen atoms in total. The van der Waals surface area contributed by atoms with E-state index in [1.165, 1.54) is 0 Å². The van der Waals surface area contributed by atoms with Gasteiger partial charge in [-0.15, -0.1) is 0 Å². The molecule has 0 aromatic heterocycles. The van der Waals surface area contributed by atoms with Crippen molar-refractivity contribution in [3.05, 3.63) is 129 Å². The molecule has 4 aromatic carbocycles. The van der Waals surface area contributed by atoms with Crippen LogP contribution in [0.5, 0.6) is 11.5 Å². The summed E-state index contributed by atoms with van der Waals surface area (Å²) in [6, 6.07) is 29.3. The molecular formula is C28H22Cl2N2O3. The van der Waals surface area contributed by atoms with Gasteiger partial charge in [0.2, 0.25) is 0 Å². The molecule has 0 aliphatic rings. The fourth-order valence-corrected chi connectivity index (χ4v) is 3.45. The molecule has 0 bridgehead atoms. The number of carbonyl (C=O) groups excluding carboxylic acids is 1. The van der Waals surface area contributed by atoms with Gasteiger partial charge in [-0.3, -0.25) is 4.79 Å². The molecule has 0 saturated carbocycles. The predicted molar refractivity (Wildman–Crippen MR) is 140 cm³/mol. The van der Waals surface area contributed by atoms with Crippen LogP contribution in [0.15, 0.2) is 102 Å². The van der Waals surface area contributed by atoms with Crippen LogP contribution in [-0.4, -0.2) is 12.1 Å². The van der Waals surface area contributed by atoms with E-state index in [0.29, 0.717) is 40.3 Å². The molecule has 0 aliphatic heterocycles. The van der Waals surface area contributed by atoms with Gasteiger partial charge in [0.05, 0.1) is 11.8 Å². The number of nitrogens with zero attached hydrogens (tertiary/aromatic N) is 1. The maximum absolute atomic E-state index is 12.8. The fraction of sp³-hybridized carbons (Fsp3) is 0.0714. The molecule has 7 heteroatoms. The Balaban J connectivity index is 1.38. The van der Waals surface area contributed by atoms with E-state index in [-0.39, 0.29) is 5.91 Å². The molecule has 1 N–H and O–H groups in total. The lowest BCUT2D eigenvalue weighted by atomic mass is 10.2. The molecule has 1 amide bonds. The summed E-state index contributed by atoms with van der Waals surface area (Å²) in [5, 5.41) is 5.45. The minimum absolute atomic E-state index is 0.309. The molecule has 0 atom stereocenters. The number of halogens is 2. The predicted octanol–water partition coefficient (Wildman–Crippen LogP) is 6.92. The largest absolute Gasteiger partial charge is 0.488 e. The van der Waals surface area contributed by atoms with Gasteiger partial charge >= 0.3 is 0 Å². The molecule has 0 aliphatic carbocycles. The summed E-state index contributed by atoms with van der Waals surface area (Å²) in [7, 11) is 0. The Morgan fingerprint density at radius 1 is 0.714 bits per heavy atom. The molecule has 176 valence electrons. The minimum Gasteiger partial charge on any atom is -0.488 e. The number of ether oxygens (including phenoxy) is 2. The first-order valence-corrected chi connectivity index (χ1v) is 11.6. The first kappa shape index (κ1) is 24.3. The Kier molecular flexibility index (Phi) is 8.39. The minimum atomic E-state index is -0.382. The summed E-state index contributed by atoms with van der Waals surface area (Å²) in [4.78, 5) is 12.8. The van der Waals surface area contributed by atoms with E-state index in [4.69, 9.17) is 32.7 Å². The highest BCUT2D eigenvalue weighted by molar-refractivity contribution is 6.30. The van der Waals surface area contributed by atoms with Crippen molar-refractivity contribution >= 4 is 35.3 Å². The van der Waals surface area contributed by atoms with Crippen LogP contribution in [0, 0.1) is 0 Å². The van der Waals surface area contributed by atoms with Crippen LogP contribution in [0.2, 0.25) is 10.0 Å². The zero-order valence-electron chi connectivity index (χ0n) is 18.7. The number of carbonyl (C=O) groups is 1. The van der Waals surface area contributed by atoms with Crippen LogP contribution < -0.4 is 14.9 Å². The summed E-state index contributed by atoms with van der Waals surface area (Å²) in [6.07, 6.45) is 1.55. The summed E-state index contributed by atoms with van der Waals surface area (Å²) in [5.74, 6) is 0.724. The number of benzene rings is 4. The molecule has 0 saturated heterocycles. The topological polar surface area (TPSA) is 59.9 Å². The van der Waals surface area contributed by atoms with E-state index in [1.807, 2.05) is 66.7 Å². The van der Waals surface area contributed by atoms with E-state index < -0.39 is 0 Å². The standard InChI is InChI=1S/C28H22Cl2N2O3/c29-23-13-9-20(10-14-23)18-34-26-7-3-1-5-22(26)17-31-32-28(33)25-6-2-4-8-27(25)35-19-21-11-15-24(30)16-12-21/h1-17H,18-19H2,(H,32,33)/b31-17-. The van der Waals surface area contributed by atoms with Gasteiger partial charge in [-0.05, 0) is 59.7 Å². The number of hydrogen-bond acceptors (Lipinski definition) is 4. The van der Waals surface area contributed by atoms with Crippen molar-refractivity contribution in [1.82, 2.24) is 5.43 Å². The second kappa shape index (κ2) is 12.1. The van der Waals surface area contributed by atoms with Crippen LogP contribution in [-0.2, 0) is 13.2 Å². The van der Waals surface area contributed by atoms with Gasteiger partial charge in [0.25, 0.3) is 5.91 Å². The molecular weight excluding hydrogens is 483 g/mol. The Morgan fingerprint density at radius 2 is 1.23 bits per heavy atom. The molecule has 4 rings (SSSR count). The summed E-state index contributed by atoms with van der Waals surface area (Å²) >= 11 is 11.9. The lowest BCUT2D eigenvalue weighted by Gasteiger charge is -2.11. The highest BCUT2D eigenvalue weighted by Crippen LogP contribution is 2.21. The molecule has 0 unspecified atom stereocenters. The van der Waals surface area contributed by atoms with Gasteiger partial charge in [0, 0.05) is 15.6 Å². The highest BCUT2D eigenvalue weighted by Gasteiger charge is 2.12. The average Bonchev–Trinajstić information content (AvgIpc) is 2.89. The Morgan fingerprint density at radius 3 is 1.86 bits per heavy atom. The summed E-state index contributed by atoms with van der Waals surface area (Å²) in [6.45, 7) is 0.690. The monoisotopic (exact) mass is 504 g/mol. The summed E-state index contributed by atoms with van der Waals surface area (Å²) < 4.78 is 11.8. The number of para-hydroxylation sites is 2. The summed E-state index contributed by atoms with van der Waals surface area (Å²) in [5.41, 5.74) is 5.61. The maximum Gasteiger partial charge on any atom is 0.275 e. The number of rotatable bonds is 9. The third kappa shape index (κ3) is 7.09. The molecule has 4 aromatic rings. The fourth-order valence-electron chi connectivity index (χ4n) is 3.20. The third-order valence-electron chi connectivity index (χ3n) is 5.04. The van der Waals surface area contributed by atoms with E-state index in [0.717, 1.165) is 16.7 Å². The van der Waals surface area contributed by atoms with Crippen molar-refractivity contribution in [3.63, 3.8) is 0 Å². The van der Waals surface area contributed by atoms with Crippen molar-refractivity contribution in [3.8, 4) is 11.5 Å². The van der Waals surface area contributed by atoms with Gasteiger partial charge < -0.3 is 9.47 Å². The first-order chi connectivity index (χ1) is 17.1. The lowest BCUT2D eigenvalue weighted by molar-refractivity contribution is 0.0950. The maximum atomic E-state index is 12.8. The van der Waals surface area contributed by atoms with Crippen LogP contribution >= 0.6 is 23.2 Å². The average molecular weight is 505 g/mol. The molecule has 0 radical (unpaired) electrons. The molecule has 0 heterocycles. The van der Waals surface area contributed by atoms with E-state index in [9.17, 15) is 4.79 Å². The highest BCUT2D eigenvalue weighted by atomic mass is 35.5. The smallest absolute Gasteiger partial charge is 0.275 e. The van der Waals surface area contributed by atoms with Crippen molar-refractivity contribution < 1.29 is 14.3 Å². The zero-order chi connectivity index (χ0) is 24.5. The van der Waals surface area contributed by atoms with Crippen LogP contribution in [0.1, 0.15) is 27.0 Å². The van der Waals surface area contributed by atoms with Crippen LogP contribution in [0.4, 0.5) is 0 Å². The quantitative estimate of drug-likeness (QED) is 0.199. The van der Waals surface area contributed by atoms with Gasteiger partial charge in [0.1, 0.15) is 24.7 Å². The third-order valence-corrected chi connectivity index (χ3v) is 5.54. The van der Waals surface area contributed by atoms with Crippen molar-refractivity contribution in [2.24, 2.45) is 5.10 Å². The Hall–Kier alpha value is -3.80. The Labute approximate surface area is 213 Å². The van der Waals surface area contributed by atoms with E-state index >= 15 is 0 Å². The zero-order valence-corrected chi connectivity index (χ0v) is 20.2. The number of amides is 1. The lowest BCUT2D eigenvalue weighted by Crippen LogP contribution is -2.18. The second-order valence-corrected chi connectivity index (χ2v) is 8.44. The molecule has 0 fully saturated rings. The first-order valence-electron chi connectivity index (χ1n) is 10.8. The second-order valence-electron chi connectivity index (χ2n) is 7.56. The number of hydrogen-bond donors (Lipinski definition) is 1. The van der Waals surface area contributed by atoms with Crippen LogP contribution in [0.3, 0.4) is 0 Å². The number of nitrogens with one attached hydrogen (secondary N) is 1.